The normalized spacial score (nSPS) is 9.72. The van der Waals surface area contributed by atoms with Crippen LogP contribution >= 0.6 is 15.9 Å². The second kappa shape index (κ2) is 5.58. The molecule has 8 heteroatoms. The molecule has 0 aliphatic heterocycles. The molecule has 0 spiro atoms. The van der Waals surface area contributed by atoms with Crippen LogP contribution in [0.1, 0.15) is 17.3 Å². The van der Waals surface area contributed by atoms with Crippen molar-refractivity contribution in [2.75, 3.05) is 7.11 Å². The zero-order valence-corrected chi connectivity index (χ0v) is 11.0. The van der Waals surface area contributed by atoms with Gasteiger partial charge in [0.05, 0.1) is 16.5 Å². The van der Waals surface area contributed by atoms with Crippen LogP contribution < -0.4 is 4.74 Å². The largest absolute Gasteiger partial charge is 0.465 e. The van der Waals surface area contributed by atoms with Gasteiger partial charge in [0.2, 0.25) is 0 Å². The van der Waals surface area contributed by atoms with E-state index in [0.29, 0.717) is 0 Å². The lowest BCUT2D eigenvalue weighted by molar-refractivity contribution is -0.385. The summed E-state index contributed by atoms with van der Waals surface area (Å²) in [6.45, 7) is 1.17. The van der Waals surface area contributed by atoms with Gasteiger partial charge in [-0.25, -0.2) is 4.79 Å². The molecule has 0 atom stereocenters. The summed E-state index contributed by atoms with van der Waals surface area (Å²) in [5.41, 5.74) is -0.730. The van der Waals surface area contributed by atoms with Crippen LogP contribution in [0.15, 0.2) is 16.6 Å². The summed E-state index contributed by atoms with van der Waals surface area (Å²) in [6.07, 6.45) is 0. The van der Waals surface area contributed by atoms with Gasteiger partial charge in [-0.3, -0.25) is 14.9 Å². The van der Waals surface area contributed by atoms with Crippen molar-refractivity contribution in [2.24, 2.45) is 0 Å². The Morgan fingerprint density at radius 2 is 2.00 bits per heavy atom. The Morgan fingerprint density at radius 1 is 1.39 bits per heavy atom. The predicted octanol–water partition coefficient (Wildman–Crippen LogP) is 2.07. The molecule has 0 heterocycles. The van der Waals surface area contributed by atoms with Crippen molar-refractivity contribution in [2.45, 2.75) is 6.92 Å². The number of carbonyl (C=O) groups is 2. The van der Waals surface area contributed by atoms with Crippen LogP contribution in [-0.2, 0) is 9.53 Å². The van der Waals surface area contributed by atoms with E-state index < -0.39 is 22.5 Å². The fraction of sp³-hybridized carbons (Fsp3) is 0.200. The summed E-state index contributed by atoms with van der Waals surface area (Å²) in [6, 6.07) is 2.15. The second-order valence-corrected chi connectivity index (χ2v) is 4.00. The van der Waals surface area contributed by atoms with Gasteiger partial charge in [-0.05, 0) is 15.9 Å². The lowest BCUT2D eigenvalue weighted by Gasteiger charge is -2.07. The van der Waals surface area contributed by atoms with Gasteiger partial charge in [-0.1, -0.05) is 0 Å². The maximum absolute atomic E-state index is 11.4. The van der Waals surface area contributed by atoms with Crippen molar-refractivity contribution in [3.63, 3.8) is 0 Å². The number of ether oxygens (including phenoxy) is 2. The van der Waals surface area contributed by atoms with E-state index in [9.17, 15) is 19.7 Å². The molecular weight excluding hydrogens is 310 g/mol. The molecule has 1 aromatic carbocycles. The first kappa shape index (κ1) is 14.1. The van der Waals surface area contributed by atoms with Crippen molar-refractivity contribution in [1.29, 1.82) is 0 Å². The van der Waals surface area contributed by atoms with Crippen LogP contribution in [-0.4, -0.2) is 24.0 Å². The summed E-state index contributed by atoms with van der Waals surface area (Å²) < 4.78 is 9.42. The molecule has 1 rings (SSSR count). The average Bonchev–Trinajstić information content (AvgIpc) is 2.29. The summed E-state index contributed by atoms with van der Waals surface area (Å²) in [5.74, 6) is -1.49. The molecule has 0 bridgehead atoms. The Balaban J connectivity index is 3.40. The minimum absolute atomic E-state index is 0.00787. The first-order valence-electron chi connectivity index (χ1n) is 4.61. The SMILES string of the molecule is COC(=O)c1cc(OC(C)=O)c(Br)cc1[N+](=O)[O-]. The van der Waals surface area contributed by atoms with E-state index in [1.54, 1.807) is 0 Å². The van der Waals surface area contributed by atoms with E-state index in [1.165, 1.54) is 6.92 Å². The lowest BCUT2D eigenvalue weighted by Crippen LogP contribution is -2.08. The van der Waals surface area contributed by atoms with Crippen LogP contribution in [0.5, 0.6) is 5.75 Å². The minimum Gasteiger partial charge on any atom is -0.465 e. The Morgan fingerprint density at radius 3 is 2.44 bits per heavy atom. The zero-order chi connectivity index (χ0) is 13.9. The van der Waals surface area contributed by atoms with Gasteiger partial charge in [0, 0.05) is 19.1 Å². The topological polar surface area (TPSA) is 95.7 Å². The summed E-state index contributed by atoms with van der Waals surface area (Å²) in [5, 5.41) is 10.8. The molecule has 0 saturated heterocycles. The summed E-state index contributed by atoms with van der Waals surface area (Å²) >= 11 is 3.02. The van der Waals surface area contributed by atoms with Crippen LogP contribution in [0.2, 0.25) is 0 Å². The molecule has 0 amide bonds. The average molecular weight is 318 g/mol. The third-order valence-corrected chi connectivity index (χ3v) is 2.53. The van der Waals surface area contributed by atoms with E-state index >= 15 is 0 Å². The molecule has 0 unspecified atom stereocenters. The van der Waals surface area contributed by atoms with E-state index in [4.69, 9.17) is 4.74 Å². The summed E-state index contributed by atoms with van der Waals surface area (Å²) in [4.78, 5) is 32.3. The monoisotopic (exact) mass is 317 g/mol. The number of esters is 2. The first-order valence-corrected chi connectivity index (χ1v) is 5.40. The van der Waals surface area contributed by atoms with Crippen LogP contribution in [0.3, 0.4) is 0 Å². The fourth-order valence-electron chi connectivity index (χ4n) is 1.20. The third kappa shape index (κ3) is 3.04. The number of halogens is 1. The summed E-state index contributed by atoms with van der Waals surface area (Å²) in [7, 11) is 1.10. The molecule has 7 nitrogen and oxygen atoms in total. The number of hydrogen-bond acceptors (Lipinski definition) is 6. The van der Waals surface area contributed by atoms with E-state index in [-0.39, 0.29) is 15.8 Å². The second-order valence-electron chi connectivity index (χ2n) is 3.14. The maximum atomic E-state index is 11.4. The van der Waals surface area contributed by atoms with Gasteiger partial charge in [-0.2, -0.15) is 0 Å². The van der Waals surface area contributed by atoms with Crippen molar-refractivity contribution in [1.82, 2.24) is 0 Å². The highest BCUT2D eigenvalue weighted by Crippen LogP contribution is 2.33. The van der Waals surface area contributed by atoms with Crippen LogP contribution in [0, 0.1) is 10.1 Å². The van der Waals surface area contributed by atoms with Crippen LogP contribution in [0.4, 0.5) is 5.69 Å². The van der Waals surface area contributed by atoms with Gasteiger partial charge in [0.1, 0.15) is 11.3 Å². The standard InChI is InChI=1S/C10H8BrNO6/c1-5(13)18-9-3-6(10(14)17-2)8(12(15)16)4-7(9)11/h3-4H,1-2H3. The van der Waals surface area contributed by atoms with Crippen molar-refractivity contribution < 1.29 is 24.0 Å². The number of rotatable bonds is 3. The van der Waals surface area contributed by atoms with Gasteiger partial charge in [-0.15, -0.1) is 0 Å². The van der Waals surface area contributed by atoms with Crippen LogP contribution in [0.25, 0.3) is 0 Å². The molecule has 0 saturated carbocycles. The third-order valence-electron chi connectivity index (χ3n) is 1.91. The Hall–Kier alpha value is -1.96. The first-order chi connectivity index (χ1) is 8.36. The quantitative estimate of drug-likeness (QED) is 0.366. The van der Waals surface area contributed by atoms with Gasteiger partial charge in [0.25, 0.3) is 5.69 Å². The number of nitro benzene ring substituents is 1. The molecular formula is C10H8BrNO6. The van der Waals surface area contributed by atoms with Crippen molar-refractivity contribution in [3.8, 4) is 5.75 Å². The molecule has 1 aromatic rings. The lowest BCUT2D eigenvalue weighted by atomic mass is 10.1. The van der Waals surface area contributed by atoms with E-state index in [2.05, 4.69) is 20.7 Å². The molecule has 0 radical (unpaired) electrons. The highest BCUT2D eigenvalue weighted by Gasteiger charge is 2.24. The fourth-order valence-corrected chi connectivity index (χ4v) is 1.61. The molecule has 18 heavy (non-hydrogen) atoms. The number of nitro groups is 1. The van der Waals surface area contributed by atoms with Crippen molar-refractivity contribution in [3.05, 3.63) is 32.3 Å². The Bertz CT molecular complexity index is 527. The van der Waals surface area contributed by atoms with E-state index in [1.807, 2.05) is 0 Å². The van der Waals surface area contributed by atoms with Gasteiger partial charge in [0.15, 0.2) is 0 Å². The highest BCUT2D eigenvalue weighted by atomic mass is 79.9. The van der Waals surface area contributed by atoms with Gasteiger partial charge < -0.3 is 9.47 Å². The number of nitrogens with zero attached hydrogens (tertiary/aromatic N) is 1. The zero-order valence-electron chi connectivity index (χ0n) is 9.43. The number of benzene rings is 1. The number of hydrogen-bond donors (Lipinski definition) is 0. The molecule has 0 fully saturated rings. The molecule has 0 aliphatic carbocycles. The van der Waals surface area contributed by atoms with E-state index in [0.717, 1.165) is 19.2 Å². The highest BCUT2D eigenvalue weighted by molar-refractivity contribution is 9.10. The smallest absolute Gasteiger partial charge is 0.345 e. The molecule has 0 N–H and O–H groups in total. The maximum Gasteiger partial charge on any atom is 0.345 e. The number of carbonyl (C=O) groups excluding carboxylic acids is 2. The predicted molar refractivity (Wildman–Crippen MR) is 63.4 cm³/mol. The Kier molecular flexibility index (Phi) is 4.38. The Labute approximate surface area is 110 Å². The van der Waals surface area contributed by atoms with Gasteiger partial charge >= 0.3 is 11.9 Å². The molecule has 96 valence electrons. The minimum atomic E-state index is -0.886. The van der Waals surface area contributed by atoms with Crippen molar-refractivity contribution >= 4 is 33.6 Å². The molecule has 0 aliphatic rings. The number of methoxy groups -OCH3 is 1. The molecule has 0 aromatic heterocycles.